The molecule has 0 bridgehead atoms. The molecule has 2 rings (SSSR count). The summed E-state index contributed by atoms with van der Waals surface area (Å²) >= 11 is 7.92. The van der Waals surface area contributed by atoms with Gasteiger partial charge in [0.1, 0.15) is 5.75 Å². The van der Waals surface area contributed by atoms with E-state index in [1.165, 1.54) is 6.07 Å². The molecule has 0 aliphatic rings. The van der Waals surface area contributed by atoms with Crippen LogP contribution in [0.3, 0.4) is 0 Å². The number of rotatable bonds is 2. The summed E-state index contributed by atoms with van der Waals surface area (Å²) in [5.74, 6) is -0.272. The topological polar surface area (TPSA) is 49.3 Å². The van der Waals surface area contributed by atoms with Crippen molar-refractivity contribution < 1.29 is 9.90 Å². The van der Waals surface area contributed by atoms with E-state index in [0.717, 1.165) is 3.57 Å². The van der Waals surface area contributed by atoms with Crippen molar-refractivity contribution >= 4 is 45.8 Å². The van der Waals surface area contributed by atoms with Crippen LogP contribution in [-0.2, 0) is 0 Å². The van der Waals surface area contributed by atoms with Crippen molar-refractivity contribution in [2.45, 2.75) is 0 Å². The van der Waals surface area contributed by atoms with E-state index in [9.17, 15) is 9.90 Å². The summed E-state index contributed by atoms with van der Waals surface area (Å²) in [6.45, 7) is 0. The van der Waals surface area contributed by atoms with Crippen molar-refractivity contribution in [3.8, 4) is 5.75 Å². The number of carbonyl (C=O) groups is 1. The summed E-state index contributed by atoms with van der Waals surface area (Å²) in [7, 11) is 0. The minimum atomic E-state index is -0.302. The molecule has 5 heteroatoms. The Morgan fingerprint density at radius 3 is 2.67 bits per heavy atom. The normalized spacial score (nSPS) is 10.1. The van der Waals surface area contributed by atoms with E-state index < -0.39 is 0 Å². The average Bonchev–Trinajstić information content (AvgIpc) is 2.35. The number of hydrogen-bond donors (Lipinski definition) is 2. The van der Waals surface area contributed by atoms with Gasteiger partial charge in [-0.05, 0) is 52.9 Å². The maximum absolute atomic E-state index is 12.1. The number of hydrogen-bond acceptors (Lipinski definition) is 2. The number of anilines is 1. The Hall–Kier alpha value is -1.27. The molecule has 0 saturated carbocycles. The molecule has 0 saturated heterocycles. The van der Waals surface area contributed by atoms with Gasteiger partial charge in [0.2, 0.25) is 0 Å². The Balaban J connectivity index is 2.28. The molecule has 2 N–H and O–H groups in total. The fraction of sp³-hybridized carbons (Fsp3) is 0. The van der Waals surface area contributed by atoms with Crippen molar-refractivity contribution in [1.29, 1.82) is 0 Å². The second-order valence-electron chi connectivity index (χ2n) is 3.60. The quantitative estimate of drug-likeness (QED) is 0.619. The van der Waals surface area contributed by atoms with E-state index in [2.05, 4.69) is 27.9 Å². The van der Waals surface area contributed by atoms with E-state index in [4.69, 9.17) is 11.6 Å². The monoisotopic (exact) mass is 373 g/mol. The number of halogens is 2. The Kier molecular flexibility index (Phi) is 4.08. The lowest BCUT2D eigenvalue weighted by Crippen LogP contribution is -2.13. The lowest BCUT2D eigenvalue weighted by molar-refractivity contribution is 0.102. The first-order valence-corrected chi connectivity index (χ1v) is 6.58. The van der Waals surface area contributed by atoms with Crippen molar-refractivity contribution in [3.63, 3.8) is 0 Å². The Bertz CT molecular complexity index is 601. The summed E-state index contributed by atoms with van der Waals surface area (Å²) in [6, 6.07) is 11.6. The third-order valence-electron chi connectivity index (χ3n) is 2.33. The zero-order valence-corrected chi connectivity index (χ0v) is 12.1. The number of aromatic hydroxyl groups is 1. The second-order valence-corrected chi connectivity index (χ2v) is 5.19. The van der Waals surface area contributed by atoms with Gasteiger partial charge in [-0.1, -0.05) is 23.7 Å². The standard InChI is InChI=1S/C13H9ClINO2/c14-8-5-6-10(15)9(7-8)13(18)16-11-3-1-2-4-12(11)17/h1-7,17H,(H,16,18). The van der Waals surface area contributed by atoms with Crippen molar-refractivity contribution in [1.82, 2.24) is 0 Å². The minimum absolute atomic E-state index is 0.0305. The van der Waals surface area contributed by atoms with Gasteiger partial charge in [-0.25, -0.2) is 0 Å². The SMILES string of the molecule is O=C(Nc1ccccc1O)c1cc(Cl)ccc1I. The number of benzene rings is 2. The van der Waals surface area contributed by atoms with Crippen molar-refractivity contribution in [2.24, 2.45) is 0 Å². The molecule has 0 aliphatic heterocycles. The highest BCUT2D eigenvalue weighted by atomic mass is 127. The number of para-hydroxylation sites is 2. The van der Waals surface area contributed by atoms with Gasteiger partial charge in [0.05, 0.1) is 11.3 Å². The van der Waals surface area contributed by atoms with Crippen LogP contribution >= 0.6 is 34.2 Å². The van der Waals surface area contributed by atoms with Crippen LogP contribution in [0.2, 0.25) is 5.02 Å². The van der Waals surface area contributed by atoms with Gasteiger partial charge in [0.15, 0.2) is 0 Å². The predicted octanol–water partition coefficient (Wildman–Crippen LogP) is 3.90. The molecule has 0 aromatic heterocycles. The van der Waals surface area contributed by atoms with E-state index in [-0.39, 0.29) is 11.7 Å². The van der Waals surface area contributed by atoms with E-state index >= 15 is 0 Å². The molecular formula is C13H9ClINO2. The highest BCUT2D eigenvalue weighted by Crippen LogP contribution is 2.24. The third-order valence-corrected chi connectivity index (χ3v) is 3.50. The Morgan fingerprint density at radius 1 is 1.22 bits per heavy atom. The predicted molar refractivity (Wildman–Crippen MR) is 80.2 cm³/mol. The molecule has 2 aromatic carbocycles. The Labute approximate surface area is 123 Å². The second kappa shape index (κ2) is 5.58. The molecule has 0 unspecified atom stereocenters. The molecule has 3 nitrogen and oxygen atoms in total. The Morgan fingerprint density at radius 2 is 1.94 bits per heavy atom. The maximum Gasteiger partial charge on any atom is 0.256 e. The molecule has 1 amide bonds. The maximum atomic E-state index is 12.1. The van der Waals surface area contributed by atoms with Gasteiger partial charge in [0, 0.05) is 8.59 Å². The molecule has 0 spiro atoms. The summed E-state index contributed by atoms with van der Waals surface area (Å²) in [4.78, 5) is 12.1. The van der Waals surface area contributed by atoms with Crippen molar-refractivity contribution in [3.05, 3.63) is 56.6 Å². The molecule has 92 valence electrons. The minimum Gasteiger partial charge on any atom is -0.506 e. The molecule has 2 aromatic rings. The zero-order chi connectivity index (χ0) is 13.1. The molecule has 18 heavy (non-hydrogen) atoms. The third kappa shape index (κ3) is 2.94. The summed E-state index contributed by atoms with van der Waals surface area (Å²) in [5.41, 5.74) is 0.852. The largest absolute Gasteiger partial charge is 0.506 e. The smallest absolute Gasteiger partial charge is 0.256 e. The fourth-order valence-corrected chi connectivity index (χ4v) is 2.19. The van der Waals surface area contributed by atoms with Crippen LogP contribution in [0.4, 0.5) is 5.69 Å². The number of amides is 1. The first kappa shape index (κ1) is 13.2. The highest BCUT2D eigenvalue weighted by Gasteiger charge is 2.12. The van der Waals surface area contributed by atoms with E-state index in [0.29, 0.717) is 16.3 Å². The van der Waals surface area contributed by atoms with Gasteiger partial charge in [0.25, 0.3) is 5.91 Å². The highest BCUT2D eigenvalue weighted by molar-refractivity contribution is 14.1. The number of phenols is 1. The van der Waals surface area contributed by atoms with E-state index in [1.54, 1.807) is 36.4 Å². The van der Waals surface area contributed by atoms with Crippen molar-refractivity contribution in [2.75, 3.05) is 5.32 Å². The number of nitrogens with one attached hydrogen (secondary N) is 1. The lowest BCUT2D eigenvalue weighted by atomic mass is 10.2. The van der Waals surface area contributed by atoms with Crippen LogP contribution in [0.1, 0.15) is 10.4 Å². The van der Waals surface area contributed by atoms with E-state index in [1.807, 2.05) is 0 Å². The van der Waals surface area contributed by atoms with Crippen LogP contribution in [0, 0.1) is 3.57 Å². The first-order valence-electron chi connectivity index (χ1n) is 5.12. The molecule has 0 aliphatic carbocycles. The van der Waals surface area contributed by atoms with Crippen LogP contribution in [0.15, 0.2) is 42.5 Å². The molecule has 0 fully saturated rings. The van der Waals surface area contributed by atoms with Gasteiger partial charge < -0.3 is 10.4 Å². The molecule has 0 atom stereocenters. The molecule has 0 radical (unpaired) electrons. The summed E-state index contributed by atoms with van der Waals surface area (Å²) < 4.78 is 0.796. The van der Waals surface area contributed by atoms with Gasteiger partial charge in [-0.2, -0.15) is 0 Å². The van der Waals surface area contributed by atoms with Crippen LogP contribution in [-0.4, -0.2) is 11.0 Å². The van der Waals surface area contributed by atoms with Gasteiger partial charge in [-0.15, -0.1) is 0 Å². The fourth-order valence-electron chi connectivity index (χ4n) is 1.44. The van der Waals surface area contributed by atoms with Crippen LogP contribution < -0.4 is 5.32 Å². The molecule has 0 heterocycles. The van der Waals surface area contributed by atoms with Gasteiger partial charge in [-0.3, -0.25) is 4.79 Å². The van der Waals surface area contributed by atoms with Crippen LogP contribution in [0.25, 0.3) is 0 Å². The van der Waals surface area contributed by atoms with Crippen LogP contribution in [0.5, 0.6) is 5.75 Å². The lowest BCUT2D eigenvalue weighted by Gasteiger charge is -2.08. The number of phenolic OH excluding ortho intramolecular Hbond substituents is 1. The zero-order valence-electron chi connectivity index (χ0n) is 9.15. The molecular weight excluding hydrogens is 365 g/mol. The number of carbonyl (C=O) groups excluding carboxylic acids is 1. The summed E-state index contributed by atoms with van der Waals surface area (Å²) in [6.07, 6.45) is 0. The summed E-state index contributed by atoms with van der Waals surface area (Å²) in [5, 5.41) is 12.7. The average molecular weight is 374 g/mol. The first-order chi connectivity index (χ1) is 8.58. The van der Waals surface area contributed by atoms with Gasteiger partial charge >= 0.3 is 0 Å².